The van der Waals surface area contributed by atoms with Crippen LogP contribution in [0, 0.1) is 5.92 Å². The summed E-state index contributed by atoms with van der Waals surface area (Å²) >= 11 is 0. The maximum Gasteiger partial charge on any atom is 0.407 e. The van der Waals surface area contributed by atoms with Crippen molar-refractivity contribution in [3.8, 4) is 0 Å². The summed E-state index contributed by atoms with van der Waals surface area (Å²) in [7, 11) is 0. The standard InChI is InChI=1S/C25H35N7O3/c1-17(2)3-10-29-11-4-19(5-12-29)28-23(33)18-15-31(16-18)24-21-7-14-30(25(34)35)13-6-20(21)22-26-8-9-27-32(22)24/h3,8-9,18-19H,4-7,10-16H2,1-2H3,(H,28,33)(H,34,35). The SMILES string of the molecule is CC(C)=CCN1CCC(NC(=O)C2CN(c3c4c(c5nccnn35)CCN(C(=O)O)CC4)C2)CC1. The second kappa shape index (κ2) is 9.85. The number of hydrogen-bond donors (Lipinski definition) is 2. The zero-order valence-corrected chi connectivity index (χ0v) is 20.6. The number of aromatic nitrogens is 3. The van der Waals surface area contributed by atoms with E-state index in [1.54, 1.807) is 12.4 Å². The topological polar surface area (TPSA) is 106 Å². The van der Waals surface area contributed by atoms with Crippen molar-refractivity contribution in [2.24, 2.45) is 5.92 Å². The Labute approximate surface area is 205 Å². The van der Waals surface area contributed by atoms with Gasteiger partial charge in [-0.3, -0.25) is 9.69 Å². The second-order valence-corrected chi connectivity index (χ2v) is 10.2. The third-order valence-electron chi connectivity index (χ3n) is 7.53. The van der Waals surface area contributed by atoms with Gasteiger partial charge in [0.05, 0.1) is 12.1 Å². The van der Waals surface area contributed by atoms with Crippen LogP contribution >= 0.6 is 0 Å². The van der Waals surface area contributed by atoms with Crippen LogP contribution in [0.2, 0.25) is 0 Å². The molecule has 0 atom stereocenters. The first-order chi connectivity index (χ1) is 16.9. The molecule has 2 amide bonds. The zero-order chi connectivity index (χ0) is 24.5. The second-order valence-electron chi connectivity index (χ2n) is 10.2. The van der Waals surface area contributed by atoms with Crippen molar-refractivity contribution >= 4 is 23.5 Å². The van der Waals surface area contributed by atoms with Gasteiger partial charge in [-0.25, -0.2) is 9.78 Å². The average Bonchev–Trinajstić information content (AvgIpc) is 2.95. The van der Waals surface area contributed by atoms with E-state index in [0.717, 1.165) is 55.1 Å². The van der Waals surface area contributed by atoms with Gasteiger partial charge in [0, 0.05) is 69.2 Å². The van der Waals surface area contributed by atoms with Gasteiger partial charge in [-0.15, -0.1) is 0 Å². The molecule has 5 rings (SSSR count). The maximum atomic E-state index is 13.0. The van der Waals surface area contributed by atoms with Crippen LogP contribution in [0.25, 0.3) is 5.65 Å². The molecule has 2 aromatic heterocycles. The lowest BCUT2D eigenvalue weighted by atomic mass is 9.96. The van der Waals surface area contributed by atoms with Crippen LogP contribution in [-0.2, 0) is 17.6 Å². The van der Waals surface area contributed by atoms with Crippen molar-refractivity contribution in [2.45, 2.75) is 45.6 Å². The Hall–Kier alpha value is -3.14. The van der Waals surface area contributed by atoms with Crippen LogP contribution in [0.3, 0.4) is 0 Å². The lowest BCUT2D eigenvalue weighted by Gasteiger charge is -2.41. The Balaban J connectivity index is 1.21. The van der Waals surface area contributed by atoms with Gasteiger partial charge in [0.2, 0.25) is 5.91 Å². The number of carbonyl (C=O) groups excluding carboxylic acids is 1. The fourth-order valence-electron chi connectivity index (χ4n) is 5.42. The number of nitrogens with zero attached hydrogens (tertiary/aromatic N) is 6. The molecule has 10 heteroatoms. The van der Waals surface area contributed by atoms with Crippen LogP contribution in [0.1, 0.15) is 37.8 Å². The summed E-state index contributed by atoms with van der Waals surface area (Å²) in [6, 6.07) is 0.248. The molecule has 0 saturated carbocycles. The van der Waals surface area contributed by atoms with E-state index in [2.05, 4.69) is 45.1 Å². The number of rotatable bonds is 5. The van der Waals surface area contributed by atoms with Crippen LogP contribution < -0.4 is 10.2 Å². The highest BCUT2D eigenvalue weighted by atomic mass is 16.4. The van der Waals surface area contributed by atoms with Gasteiger partial charge < -0.3 is 20.2 Å². The van der Waals surface area contributed by atoms with E-state index in [4.69, 9.17) is 0 Å². The van der Waals surface area contributed by atoms with Gasteiger partial charge in [0.25, 0.3) is 0 Å². The lowest BCUT2D eigenvalue weighted by molar-refractivity contribution is -0.126. The number of amides is 2. The number of piperidine rings is 1. The summed E-state index contributed by atoms with van der Waals surface area (Å²) in [6.07, 6.45) is 7.95. The number of allylic oxidation sites excluding steroid dienone is 1. The van der Waals surface area contributed by atoms with Crippen LogP contribution in [0.5, 0.6) is 0 Å². The predicted molar refractivity (Wildman–Crippen MR) is 133 cm³/mol. The van der Waals surface area contributed by atoms with Gasteiger partial charge >= 0.3 is 6.09 Å². The number of carboxylic acid groups (broad SMARTS) is 1. The first-order valence-electron chi connectivity index (χ1n) is 12.6. The summed E-state index contributed by atoms with van der Waals surface area (Å²) in [6.45, 7) is 9.46. The molecule has 10 nitrogen and oxygen atoms in total. The van der Waals surface area contributed by atoms with Crippen molar-refractivity contribution in [1.82, 2.24) is 29.7 Å². The highest BCUT2D eigenvalue weighted by Gasteiger charge is 2.38. The Morgan fingerprint density at radius 1 is 1.09 bits per heavy atom. The predicted octanol–water partition coefficient (Wildman–Crippen LogP) is 1.79. The molecule has 3 aliphatic heterocycles. The minimum Gasteiger partial charge on any atom is -0.465 e. The van der Waals surface area contributed by atoms with Crippen molar-refractivity contribution in [1.29, 1.82) is 0 Å². The van der Waals surface area contributed by atoms with E-state index in [1.807, 2.05) is 4.52 Å². The quantitative estimate of drug-likeness (QED) is 0.627. The van der Waals surface area contributed by atoms with E-state index in [9.17, 15) is 14.7 Å². The summed E-state index contributed by atoms with van der Waals surface area (Å²) in [5, 5.41) is 17.3. The van der Waals surface area contributed by atoms with Crippen molar-refractivity contribution in [3.63, 3.8) is 0 Å². The van der Waals surface area contributed by atoms with Crippen LogP contribution in [0.4, 0.5) is 10.6 Å². The normalized spacial score (nSPS) is 19.7. The van der Waals surface area contributed by atoms with E-state index >= 15 is 0 Å². The van der Waals surface area contributed by atoms with Gasteiger partial charge in [-0.2, -0.15) is 9.61 Å². The lowest BCUT2D eigenvalue weighted by Crippen LogP contribution is -2.56. The van der Waals surface area contributed by atoms with Crippen LogP contribution in [0.15, 0.2) is 24.0 Å². The maximum absolute atomic E-state index is 13.0. The number of likely N-dealkylation sites (tertiary alicyclic amines) is 1. The highest BCUT2D eigenvalue weighted by molar-refractivity contribution is 5.83. The molecule has 0 radical (unpaired) electrons. The summed E-state index contributed by atoms with van der Waals surface area (Å²) < 4.78 is 1.87. The smallest absolute Gasteiger partial charge is 0.407 e. The monoisotopic (exact) mass is 481 g/mol. The van der Waals surface area contributed by atoms with E-state index < -0.39 is 6.09 Å². The highest BCUT2D eigenvalue weighted by Crippen LogP contribution is 2.35. The number of anilines is 1. The third kappa shape index (κ3) is 4.84. The number of carbonyl (C=O) groups is 2. The van der Waals surface area contributed by atoms with E-state index in [-0.39, 0.29) is 17.9 Å². The molecule has 0 bridgehead atoms. The Kier molecular flexibility index (Phi) is 6.64. The van der Waals surface area contributed by atoms with Gasteiger partial charge in [0.15, 0.2) is 5.65 Å². The molecule has 0 aliphatic carbocycles. The molecular formula is C25H35N7O3. The molecule has 0 spiro atoms. The fourth-order valence-corrected chi connectivity index (χ4v) is 5.42. The van der Waals surface area contributed by atoms with Crippen molar-refractivity contribution in [3.05, 3.63) is 35.2 Å². The number of hydrogen-bond acceptors (Lipinski definition) is 6. The van der Waals surface area contributed by atoms with Crippen molar-refractivity contribution < 1.29 is 14.7 Å². The minimum absolute atomic E-state index is 0.0436. The molecule has 2 aromatic rings. The van der Waals surface area contributed by atoms with E-state index in [1.165, 1.54) is 10.5 Å². The van der Waals surface area contributed by atoms with Gasteiger partial charge in [-0.05, 0) is 39.5 Å². The molecule has 2 N–H and O–H groups in total. The molecule has 35 heavy (non-hydrogen) atoms. The molecule has 2 saturated heterocycles. The average molecular weight is 482 g/mol. The molecule has 2 fully saturated rings. The number of nitrogens with one attached hydrogen (secondary N) is 1. The largest absolute Gasteiger partial charge is 0.465 e. The van der Waals surface area contributed by atoms with Crippen molar-refractivity contribution in [2.75, 3.05) is 50.7 Å². The fraction of sp³-hybridized carbons (Fsp3) is 0.600. The molecular weight excluding hydrogens is 446 g/mol. The first-order valence-corrected chi connectivity index (χ1v) is 12.6. The van der Waals surface area contributed by atoms with E-state index in [0.29, 0.717) is 39.0 Å². The first kappa shape index (κ1) is 23.6. The summed E-state index contributed by atoms with van der Waals surface area (Å²) in [5.74, 6) is 1.06. The Bertz CT molecular complexity index is 1130. The Morgan fingerprint density at radius 2 is 1.80 bits per heavy atom. The summed E-state index contributed by atoms with van der Waals surface area (Å²) in [5.41, 5.74) is 4.32. The van der Waals surface area contributed by atoms with Gasteiger partial charge in [0.1, 0.15) is 5.82 Å². The summed E-state index contributed by atoms with van der Waals surface area (Å²) in [4.78, 5) is 35.1. The molecule has 3 aliphatic rings. The van der Waals surface area contributed by atoms with Gasteiger partial charge in [-0.1, -0.05) is 11.6 Å². The molecule has 188 valence electrons. The molecule has 0 aromatic carbocycles. The minimum atomic E-state index is -0.886. The third-order valence-corrected chi connectivity index (χ3v) is 7.53. The Morgan fingerprint density at radius 3 is 2.49 bits per heavy atom. The zero-order valence-electron chi connectivity index (χ0n) is 20.6. The van der Waals surface area contributed by atoms with Crippen LogP contribution in [-0.4, -0.2) is 93.4 Å². The molecule has 5 heterocycles. The number of fused-ring (bicyclic) bond motifs is 3. The molecule has 0 unspecified atom stereocenters.